The molecule has 5 aliphatic heterocycles. The number of amides is 5. The quantitative estimate of drug-likeness (QED) is 0.121. The van der Waals surface area contributed by atoms with E-state index in [4.69, 9.17) is 16.5 Å². The van der Waals surface area contributed by atoms with Gasteiger partial charge in [0.15, 0.2) is 11.5 Å². The molecule has 0 aliphatic carbocycles. The number of nitrogens with one attached hydrogen (secondary N) is 2. The number of piperidine rings is 3. The van der Waals surface area contributed by atoms with Crippen molar-refractivity contribution in [2.24, 2.45) is 17.4 Å². The van der Waals surface area contributed by atoms with Crippen LogP contribution >= 0.6 is 0 Å². The number of carbonyl (C=O) groups is 5. The number of rotatable bonds is 16. The zero-order valence-electron chi connectivity index (χ0n) is 35.9. The van der Waals surface area contributed by atoms with Crippen LogP contribution in [0.4, 0.5) is 23.0 Å². The first-order valence-corrected chi connectivity index (χ1v) is 22.5. The van der Waals surface area contributed by atoms with Gasteiger partial charge in [-0.05, 0) is 112 Å². The van der Waals surface area contributed by atoms with Crippen molar-refractivity contribution in [3.8, 4) is 0 Å². The summed E-state index contributed by atoms with van der Waals surface area (Å²) < 4.78 is 0. The third-order valence-electron chi connectivity index (χ3n) is 13.7. The Morgan fingerprint density at radius 1 is 0.935 bits per heavy atom. The Kier molecular flexibility index (Phi) is 13.4. The van der Waals surface area contributed by atoms with E-state index in [1.165, 1.54) is 12.0 Å². The Hall–Kier alpha value is -5.45. The molecule has 2 atom stereocenters. The summed E-state index contributed by atoms with van der Waals surface area (Å²) in [6, 6.07) is 14.7. The summed E-state index contributed by atoms with van der Waals surface area (Å²) in [4.78, 5) is 83.1. The summed E-state index contributed by atoms with van der Waals surface area (Å²) in [5, 5.41) is 5.71. The number of aromatic nitrogens is 2. The fraction of sp³-hybridized carbons (Fsp3) is 0.543. The molecule has 6 heterocycles. The minimum Gasteiger partial charge on any atom is -0.364 e. The summed E-state index contributed by atoms with van der Waals surface area (Å²) >= 11 is 0. The lowest BCUT2D eigenvalue weighted by Gasteiger charge is -2.48. The van der Waals surface area contributed by atoms with Gasteiger partial charge < -0.3 is 31.5 Å². The number of hydrogen-bond donors (Lipinski definition) is 4. The number of primary amides is 1. The Bertz CT molecular complexity index is 2130. The number of unbranched alkanes of at least 4 members (excludes halogenated alkanes) is 1. The van der Waals surface area contributed by atoms with Crippen LogP contribution in [-0.2, 0) is 25.6 Å². The second kappa shape index (κ2) is 19.3. The highest BCUT2D eigenvalue weighted by Gasteiger charge is 2.46. The van der Waals surface area contributed by atoms with Gasteiger partial charge in [0.1, 0.15) is 5.82 Å². The minimum absolute atomic E-state index is 0.104. The summed E-state index contributed by atoms with van der Waals surface area (Å²) in [5.74, 6) is -0.773. The average Bonchev–Trinajstić information content (AvgIpc) is 3.51. The second-order valence-corrected chi connectivity index (χ2v) is 17.7. The van der Waals surface area contributed by atoms with Crippen LogP contribution in [0.25, 0.3) is 0 Å². The van der Waals surface area contributed by atoms with Gasteiger partial charge in [0, 0.05) is 64.5 Å². The molecule has 4 fully saturated rings. The van der Waals surface area contributed by atoms with E-state index in [2.05, 4.69) is 42.5 Å². The van der Waals surface area contributed by atoms with E-state index >= 15 is 0 Å². The van der Waals surface area contributed by atoms with Crippen LogP contribution in [0.15, 0.2) is 48.7 Å². The zero-order valence-corrected chi connectivity index (χ0v) is 35.9. The van der Waals surface area contributed by atoms with Crippen LogP contribution in [0.2, 0.25) is 0 Å². The van der Waals surface area contributed by atoms with E-state index in [0.29, 0.717) is 43.8 Å². The van der Waals surface area contributed by atoms with Gasteiger partial charge >= 0.3 is 0 Å². The van der Waals surface area contributed by atoms with Crippen molar-refractivity contribution in [1.82, 2.24) is 30.0 Å². The lowest BCUT2D eigenvalue weighted by atomic mass is 9.81. The third kappa shape index (κ3) is 9.47. The number of likely N-dealkylation sites (tertiary alicyclic amines) is 2. The normalized spacial score (nSPS) is 21.3. The van der Waals surface area contributed by atoms with Crippen molar-refractivity contribution < 1.29 is 24.0 Å². The molecule has 2 aromatic carbocycles. The van der Waals surface area contributed by atoms with Crippen molar-refractivity contribution in [1.29, 1.82) is 0 Å². The molecule has 0 saturated carbocycles. The second-order valence-electron chi connectivity index (χ2n) is 17.7. The van der Waals surface area contributed by atoms with Gasteiger partial charge in [-0.2, -0.15) is 0 Å². The number of para-hydroxylation sites is 1. The number of carbonyl (C=O) groups excluding carboxylic acids is 5. The fourth-order valence-corrected chi connectivity index (χ4v) is 10.1. The molecule has 4 saturated heterocycles. The SMILES string of the molecule is CN1C(=O)C(C2CCC(=O)NC2=O)c2cccc(CCCCN(CCN)CC(=O)N3CC(N4CCC(c5ccc(Nc6nc(N7CCCCC7)cnc6C(N)=O)cc5)CC4)C3)c21. The fourth-order valence-electron chi connectivity index (χ4n) is 10.1. The van der Waals surface area contributed by atoms with E-state index in [1.807, 2.05) is 35.2 Å². The molecule has 0 bridgehead atoms. The number of nitrogens with zero attached hydrogens (tertiary/aromatic N) is 7. The standard InChI is InChI=1S/C46H61N11O5/c1-53-42-32(9-7-10-35(42)40(46(53)62)36-15-16-38(58)52-45(36)61)8-3-6-20-54(25-19-47)29-39(59)57-27-34(28-57)55-23-17-31(18-24-55)30-11-13-33(14-12-30)50-44-41(43(48)60)49-26-37(51-44)56-21-4-2-5-22-56/h7,9-14,26,31,34,36,40H,2-6,8,15-25,27-29,47H2,1H3,(H2,48,60)(H,50,51)(H,52,58,61). The molecular weight excluding hydrogens is 787 g/mol. The highest BCUT2D eigenvalue weighted by molar-refractivity contribution is 6.09. The molecule has 2 unspecified atom stereocenters. The summed E-state index contributed by atoms with van der Waals surface area (Å²) in [6.07, 6.45) is 10.3. The lowest BCUT2D eigenvalue weighted by Crippen LogP contribution is -2.63. The summed E-state index contributed by atoms with van der Waals surface area (Å²) in [7, 11) is 1.77. The van der Waals surface area contributed by atoms with Gasteiger partial charge in [0.05, 0.1) is 30.3 Å². The largest absolute Gasteiger partial charge is 0.364 e. The number of anilines is 4. The predicted molar refractivity (Wildman–Crippen MR) is 237 cm³/mol. The van der Waals surface area contributed by atoms with Crippen LogP contribution in [0.1, 0.15) is 96.8 Å². The number of likely N-dealkylation sites (N-methyl/N-ethyl adjacent to an activating group) is 1. The first-order chi connectivity index (χ1) is 30.1. The number of benzene rings is 2. The first-order valence-electron chi connectivity index (χ1n) is 22.5. The monoisotopic (exact) mass is 847 g/mol. The Balaban J connectivity index is 0.768. The molecule has 330 valence electrons. The van der Waals surface area contributed by atoms with Crippen molar-refractivity contribution in [3.05, 3.63) is 71.0 Å². The van der Waals surface area contributed by atoms with Crippen LogP contribution in [0, 0.1) is 5.92 Å². The smallest absolute Gasteiger partial charge is 0.271 e. The maximum absolute atomic E-state index is 13.4. The molecule has 16 heteroatoms. The predicted octanol–water partition coefficient (Wildman–Crippen LogP) is 3.10. The maximum Gasteiger partial charge on any atom is 0.271 e. The molecular formula is C46H61N11O5. The number of aryl methyl sites for hydroxylation is 1. The van der Waals surface area contributed by atoms with E-state index < -0.39 is 17.7 Å². The maximum atomic E-state index is 13.4. The van der Waals surface area contributed by atoms with E-state index in [1.54, 1.807) is 18.1 Å². The minimum atomic E-state index is -0.615. The van der Waals surface area contributed by atoms with Crippen LogP contribution < -0.4 is 31.9 Å². The van der Waals surface area contributed by atoms with E-state index in [9.17, 15) is 24.0 Å². The van der Waals surface area contributed by atoms with Gasteiger partial charge in [-0.15, -0.1) is 0 Å². The summed E-state index contributed by atoms with van der Waals surface area (Å²) in [5.41, 5.74) is 16.7. The molecule has 1 aromatic heterocycles. The number of imide groups is 1. The van der Waals surface area contributed by atoms with Gasteiger partial charge in [0.2, 0.25) is 23.6 Å². The number of fused-ring (bicyclic) bond motifs is 1. The van der Waals surface area contributed by atoms with E-state index in [0.717, 1.165) is 119 Å². The van der Waals surface area contributed by atoms with Gasteiger partial charge in [-0.25, -0.2) is 9.97 Å². The Morgan fingerprint density at radius 2 is 1.69 bits per heavy atom. The van der Waals surface area contributed by atoms with Crippen molar-refractivity contribution in [2.75, 3.05) is 87.6 Å². The van der Waals surface area contributed by atoms with E-state index in [-0.39, 0.29) is 35.7 Å². The molecule has 16 nitrogen and oxygen atoms in total. The molecule has 6 N–H and O–H groups in total. The van der Waals surface area contributed by atoms with Crippen molar-refractivity contribution >= 4 is 52.5 Å². The molecule has 3 aromatic rings. The molecule has 5 aliphatic rings. The molecule has 0 radical (unpaired) electrons. The highest BCUT2D eigenvalue weighted by Crippen LogP contribution is 2.45. The number of hydrogen-bond acceptors (Lipinski definition) is 12. The summed E-state index contributed by atoms with van der Waals surface area (Å²) in [6.45, 7) is 7.55. The topological polar surface area (TPSA) is 203 Å². The third-order valence-corrected chi connectivity index (χ3v) is 13.7. The van der Waals surface area contributed by atoms with Crippen LogP contribution in [-0.4, -0.2) is 133 Å². The van der Waals surface area contributed by atoms with Crippen molar-refractivity contribution in [3.63, 3.8) is 0 Å². The lowest BCUT2D eigenvalue weighted by molar-refractivity contribution is -0.140. The Morgan fingerprint density at radius 3 is 2.40 bits per heavy atom. The highest BCUT2D eigenvalue weighted by atomic mass is 16.2. The van der Waals surface area contributed by atoms with Crippen LogP contribution in [0.5, 0.6) is 0 Å². The van der Waals surface area contributed by atoms with Crippen molar-refractivity contribution in [2.45, 2.75) is 82.1 Å². The van der Waals surface area contributed by atoms with Gasteiger partial charge in [0.25, 0.3) is 5.91 Å². The van der Waals surface area contributed by atoms with Gasteiger partial charge in [-0.3, -0.25) is 39.1 Å². The molecule has 5 amide bonds. The number of nitrogens with two attached hydrogens (primary N) is 2. The first kappa shape index (κ1) is 43.2. The van der Waals surface area contributed by atoms with Gasteiger partial charge in [-0.1, -0.05) is 30.3 Å². The Labute approximate surface area is 363 Å². The molecule has 62 heavy (non-hydrogen) atoms. The average molecular weight is 848 g/mol. The van der Waals surface area contributed by atoms with Crippen LogP contribution in [0.3, 0.4) is 0 Å². The molecule has 8 rings (SSSR count). The zero-order chi connectivity index (χ0) is 43.3. The molecule has 0 spiro atoms.